The van der Waals surface area contributed by atoms with Crippen LogP contribution in [0.3, 0.4) is 0 Å². The van der Waals surface area contributed by atoms with Gasteiger partial charge in [0, 0.05) is 25.2 Å². The number of aryl methyl sites for hydroxylation is 1. The SMILES string of the molecule is COc1ccc(C)cc1C(O)CN1CC(C)CC(C)C1. The quantitative estimate of drug-likeness (QED) is 0.918. The van der Waals surface area contributed by atoms with Gasteiger partial charge in [0.1, 0.15) is 5.75 Å². The Morgan fingerprint density at radius 1 is 1.30 bits per heavy atom. The lowest BCUT2D eigenvalue weighted by Gasteiger charge is -2.36. The van der Waals surface area contributed by atoms with E-state index in [1.54, 1.807) is 7.11 Å². The van der Waals surface area contributed by atoms with Gasteiger partial charge in [-0.15, -0.1) is 0 Å². The minimum Gasteiger partial charge on any atom is -0.496 e. The number of methoxy groups -OCH3 is 1. The molecule has 112 valence electrons. The first-order chi connectivity index (χ1) is 9.49. The smallest absolute Gasteiger partial charge is 0.124 e. The fourth-order valence-electron chi connectivity index (χ4n) is 3.40. The van der Waals surface area contributed by atoms with E-state index in [4.69, 9.17) is 4.74 Å². The molecule has 1 aromatic rings. The lowest BCUT2D eigenvalue weighted by atomic mass is 9.91. The predicted molar refractivity (Wildman–Crippen MR) is 82.1 cm³/mol. The van der Waals surface area contributed by atoms with Crippen LogP contribution in [0, 0.1) is 18.8 Å². The Labute approximate surface area is 122 Å². The van der Waals surface area contributed by atoms with Crippen molar-refractivity contribution < 1.29 is 9.84 Å². The zero-order chi connectivity index (χ0) is 14.7. The first-order valence-electron chi connectivity index (χ1n) is 7.54. The van der Waals surface area contributed by atoms with Crippen LogP contribution in [0.5, 0.6) is 5.75 Å². The minimum atomic E-state index is -0.484. The summed E-state index contributed by atoms with van der Waals surface area (Å²) in [5, 5.41) is 10.6. The van der Waals surface area contributed by atoms with Crippen molar-refractivity contribution in [3.8, 4) is 5.75 Å². The number of nitrogens with zero attached hydrogens (tertiary/aromatic N) is 1. The predicted octanol–water partition coefficient (Wildman–Crippen LogP) is 3.01. The highest BCUT2D eigenvalue weighted by molar-refractivity contribution is 5.38. The number of piperidine rings is 1. The molecule has 1 aromatic carbocycles. The molecule has 0 radical (unpaired) electrons. The second kappa shape index (κ2) is 6.59. The van der Waals surface area contributed by atoms with Crippen LogP contribution < -0.4 is 4.74 Å². The molecule has 0 amide bonds. The van der Waals surface area contributed by atoms with Crippen molar-refractivity contribution in [3.63, 3.8) is 0 Å². The number of hydrogen-bond donors (Lipinski definition) is 1. The molecule has 0 bridgehead atoms. The van der Waals surface area contributed by atoms with E-state index in [0.29, 0.717) is 18.4 Å². The van der Waals surface area contributed by atoms with Gasteiger partial charge >= 0.3 is 0 Å². The second-order valence-electron chi connectivity index (χ2n) is 6.43. The summed E-state index contributed by atoms with van der Waals surface area (Å²) >= 11 is 0. The van der Waals surface area contributed by atoms with Gasteiger partial charge in [-0.1, -0.05) is 25.5 Å². The Balaban J connectivity index is 2.07. The summed E-state index contributed by atoms with van der Waals surface area (Å²) in [6.07, 6.45) is 0.808. The van der Waals surface area contributed by atoms with Crippen molar-refractivity contribution >= 4 is 0 Å². The molecule has 3 heteroatoms. The molecular weight excluding hydrogens is 250 g/mol. The third-order valence-electron chi connectivity index (χ3n) is 4.12. The molecule has 0 aliphatic carbocycles. The average Bonchev–Trinajstić information content (AvgIpc) is 2.37. The van der Waals surface area contributed by atoms with E-state index < -0.39 is 6.10 Å². The molecule has 0 aromatic heterocycles. The van der Waals surface area contributed by atoms with Gasteiger partial charge in [-0.3, -0.25) is 4.90 Å². The monoisotopic (exact) mass is 277 g/mol. The average molecular weight is 277 g/mol. The van der Waals surface area contributed by atoms with Crippen molar-refractivity contribution in [1.29, 1.82) is 0 Å². The van der Waals surface area contributed by atoms with Crippen LogP contribution in [0.4, 0.5) is 0 Å². The number of benzene rings is 1. The first kappa shape index (κ1) is 15.3. The molecule has 3 unspecified atom stereocenters. The van der Waals surface area contributed by atoms with Gasteiger partial charge < -0.3 is 9.84 Å². The highest BCUT2D eigenvalue weighted by Crippen LogP contribution is 2.29. The van der Waals surface area contributed by atoms with Gasteiger partial charge in [0.15, 0.2) is 0 Å². The fourth-order valence-corrected chi connectivity index (χ4v) is 3.40. The number of hydrogen-bond acceptors (Lipinski definition) is 3. The normalized spacial score (nSPS) is 25.4. The summed E-state index contributed by atoms with van der Waals surface area (Å²) in [5.74, 6) is 2.21. The summed E-state index contributed by atoms with van der Waals surface area (Å²) in [7, 11) is 1.66. The molecule has 0 spiro atoms. The van der Waals surface area contributed by atoms with Crippen LogP contribution in [-0.2, 0) is 0 Å². The number of β-amino-alcohol motifs (C(OH)–C–C–N with tert-alkyl or cyclic N) is 1. The van der Waals surface area contributed by atoms with Gasteiger partial charge in [0.05, 0.1) is 13.2 Å². The molecule has 1 N–H and O–H groups in total. The van der Waals surface area contributed by atoms with Crippen LogP contribution in [0.1, 0.15) is 37.5 Å². The highest BCUT2D eigenvalue weighted by atomic mass is 16.5. The Kier molecular flexibility index (Phi) is 5.06. The highest BCUT2D eigenvalue weighted by Gasteiger charge is 2.24. The van der Waals surface area contributed by atoms with Crippen molar-refractivity contribution in [2.24, 2.45) is 11.8 Å². The summed E-state index contributed by atoms with van der Waals surface area (Å²) in [6, 6.07) is 5.98. The molecule has 0 saturated carbocycles. The zero-order valence-corrected chi connectivity index (χ0v) is 13.1. The molecule has 2 rings (SSSR count). The summed E-state index contributed by atoms with van der Waals surface area (Å²) in [5.41, 5.74) is 2.05. The third-order valence-corrected chi connectivity index (χ3v) is 4.12. The molecule has 20 heavy (non-hydrogen) atoms. The lowest BCUT2D eigenvalue weighted by Crippen LogP contribution is -2.40. The van der Waals surface area contributed by atoms with E-state index >= 15 is 0 Å². The molecular formula is C17H27NO2. The molecule has 1 heterocycles. The molecule has 1 saturated heterocycles. The van der Waals surface area contributed by atoms with Gasteiger partial charge in [-0.2, -0.15) is 0 Å². The van der Waals surface area contributed by atoms with Gasteiger partial charge in [0.2, 0.25) is 0 Å². The maximum Gasteiger partial charge on any atom is 0.124 e. The molecule has 1 aliphatic rings. The van der Waals surface area contributed by atoms with E-state index in [1.807, 2.05) is 25.1 Å². The van der Waals surface area contributed by atoms with Gasteiger partial charge in [-0.25, -0.2) is 0 Å². The van der Waals surface area contributed by atoms with Gasteiger partial charge in [-0.05, 0) is 37.3 Å². The first-order valence-corrected chi connectivity index (χ1v) is 7.54. The summed E-state index contributed by atoms with van der Waals surface area (Å²) in [4.78, 5) is 2.38. The largest absolute Gasteiger partial charge is 0.496 e. The van der Waals surface area contributed by atoms with E-state index in [2.05, 4.69) is 18.7 Å². The summed E-state index contributed by atoms with van der Waals surface area (Å²) in [6.45, 7) is 9.48. The van der Waals surface area contributed by atoms with E-state index in [-0.39, 0.29) is 0 Å². The fraction of sp³-hybridized carbons (Fsp3) is 0.647. The topological polar surface area (TPSA) is 32.7 Å². The van der Waals surface area contributed by atoms with E-state index in [1.165, 1.54) is 6.42 Å². The number of rotatable bonds is 4. The third kappa shape index (κ3) is 3.74. The van der Waals surface area contributed by atoms with Crippen molar-refractivity contribution in [1.82, 2.24) is 4.90 Å². The Morgan fingerprint density at radius 3 is 2.55 bits per heavy atom. The number of ether oxygens (including phenoxy) is 1. The number of aliphatic hydroxyl groups is 1. The summed E-state index contributed by atoms with van der Waals surface area (Å²) < 4.78 is 5.37. The van der Waals surface area contributed by atoms with E-state index in [9.17, 15) is 5.11 Å². The van der Waals surface area contributed by atoms with Crippen molar-refractivity contribution in [2.45, 2.75) is 33.3 Å². The Bertz CT molecular complexity index is 437. The molecule has 3 atom stereocenters. The standard InChI is InChI=1S/C17H27NO2/c1-12-5-6-17(20-4)15(8-12)16(19)11-18-9-13(2)7-14(3)10-18/h5-6,8,13-14,16,19H,7,9-11H2,1-4H3. The lowest BCUT2D eigenvalue weighted by molar-refractivity contribution is 0.0686. The van der Waals surface area contributed by atoms with Crippen LogP contribution in [-0.4, -0.2) is 36.8 Å². The van der Waals surface area contributed by atoms with Crippen LogP contribution in [0.15, 0.2) is 18.2 Å². The molecule has 1 fully saturated rings. The number of likely N-dealkylation sites (tertiary alicyclic amines) is 1. The Hall–Kier alpha value is -1.06. The van der Waals surface area contributed by atoms with Crippen LogP contribution in [0.2, 0.25) is 0 Å². The minimum absolute atomic E-state index is 0.484. The van der Waals surface area contributed by atoms with Crippen LogP contribution >= 0.6 is 0 Å². The molecule has 3 nitrogen and oxygen atoms in total. The second-order valence-corrected chi connectivity index (χ2v) is 6.43. The van der Waals surface area contributed by atoms with Crippen LogP contribution in [0.25, 0.3) is 0 Å². The maximum absolute atomic E-state index is 10.6. The number of aliphatic hydroxyl groups excluding tert-OH is 1. The Morgan fingerprint density at radius 2 is 1.95 bits per heavy atom. The zero-order valence-electron chi connectivity index (χ0n) is 13.1. The maximum atomic E-state index is 10.6. The van der Waals surface area contributed by atoms with E-state index in [0.717, 1.165) is 30.0 Å². The van der Waals surface area contributed by atoms with Crippen molar-refractivity contribution in [3.05, 3.63) is 29.3 Å². The van der Waals surface area contributed by atoms with Gasteiger partial charge in [0.25, 0.3) is 0 Å². The molecule has 1 aliphatic heterocycles. The van der Waals surface area contributed by atoms with Crippen molar-refractivity contribution in [2.75, 3.05) is 26.7 Å².